The molecular formula is C16H28N4O. The minimum absolute atomic E-state index is 0.00769. The fourth-order valence-corrected chi connectivity index (χ4v) is 2.93. The molecule has 1 aliphatic rings. The molecule has 2 rings (SSSR count). The summed E-state index contributed by atoms with van der Waals surface area (Å²) in [6.07, 6.45) is 4.79. The molecule has 0 aromatic carbocycles. The molecule has 0 aliphatic carbocycles. The smallest absolute Gasteiger partial charge is 0.254 e. The molecule has 1 unspecified atom stereocenters. The Morgan fingerprint density at radius 1 is 1.52 bits per heavy atom. The van der Waals surface area contributed by atoms with Gasteiger partial charge < -0.3 is 10.6 Å². The van der Waals surface area contributed by atoms with Gasteiger partial charge in [0.2, 0.25) is 0 Å². The third-order valence-corrected chi connectivity index (χ3v) is 4.08. The van der Waals surface area contributed by atoms with Crippen molar-refractivity contribution in [3.63, 3.8) is 0 Å². The van der Waals surface area contributed by atoms with Crippen molar-refractivity contribution in [2.24, 2.45) is 5.92 Å². The number of nitrogens with one attached hydrogen (secondary N) is 2. The minimum Gasteiger partial charge on any atom is -0.352 e. The summed E-state index contributed by atoms with van der Waals surface area (Å²) in [5, 5.41) is 10.8. The van der Waals surface area contributed by atoms with Crippen LogP contribution < -0.4 is 10.6 Å². The molecular weight excluding hydrogens is 264 g/mol. The van der Waals surface area contributed by atoms with E-state index in [1.54, 1.807) is 6.20 Å². The Balaban J connectivity index is 1.97. The van der Waals surface area contributed by atoms with Crippen molar-refractivity contribution in [2.75, 3.05) is 19.6 Å². The number of amides is 1. The lowest BCUT2D eigenvalue weighted by Gasteiger charge is -2.22. The highest BCUT2D eigenvalue weighted by Gasteiger charge is 2.23. The number of hydrogen-bond acceptors (Lipinski definition) is 3. The van der Waals surface area contributed by atoms with E-state index in [2.05, 4.69) is 43.4 Å². The molecule has 1 aromatic heterocycles. The number of nitrogens with zero attached hydrogens (tertiary/aromatic N) is 2. The first-order chi connectivity index (χ1) is 9.93. The highest BCUT2D eigenvalue weighted by Crippen LogP contribution is 2.19. The van der Waals surface area contributed by atoms with Gasteiger partial charge in [-0.05, 0) is 59.0 Å². The first-order valence-electron chi connectivity index (χ1n) is 7.99. The van der Waals surface area contributed by atoms with E-state index in [1.807, 2.05) is 4.68 Å². The first kappa shape index (κ1) is 16.0. The first-order valence-corrected chi connectivity index (χ1v) is 7.99. The monoisotopic (exact) mass is 292 g/mol. The minimum atomic E-state index is -0.0978. The second-order valence-electron chi connectivity index (χ2n) is 6.84. The van der Waals surface area contributed by atoms with Gasteiger partial charge in [-0.25, -0.2) is 0 Å². The average Bonchev–Trinajstić information content (AvgIpc) is 3.06. The topological polar surface area (TPSA) is 59.0 Å². The van der Waals surface area contributed by atoms with Crippen LogP contribution >= 0.6 is 0 Å². The van der Waals surface area contributed by atoms with Gasteiger partial charge in [0.15, 0.2) is 0 Å². The molecule has 1 saturated heterocycles. The molecule has 5 nitrogen and oxygen atoms in total. The van der Waals surface area contributed by atoms with Gasteiger partial charge in [0.1, 0.15) is 0 Å². The van der Waals surface area contributed by atoms with E-state index in [-0.39, 0.29) is 11.4 Å². The number of carbonyl (C=O) groups excluding carboxylic acids is 1. The zero-order valence-corrected chi connectivity index (χ0v) is 13.7. The molecule has 0 saturated carbocycles. The normalized spacial score (nSPS) is 19.0. The highest BCUT2D eigenvalue weighted by molar-refractivity contribution is 5.95. The van der Waals surface area contributed by atoms with Crippen molar-refractivity contribution in [1.82, 2.24) is 20.4 Å². The summed E-state index contributed by atoms with van der Waals surface area (Å²) in [6.45, 7) is 11.3. The number of aromatic nitrogens is 2. The lowest BCUT2D eigenvalue weighted by molar-refractivity contribution is 0.0950. The second kappa shape index (κ2) is 6.60. The van der Waals surface area contributed by atoms with E-state index in [9.17, 15) is 4.79 Å². The van der Waals surface area contributed by atoms with Crippen molar-refractivity contribution in [3.8, 4) is 0 Å². The van der Waals surface area contributed by atoms with Crippen LogP contribution in [0.2, 0.25) is 0 Å². The number of carbonyl (C=O) groups is 1. The lowest BCUT2D eigenvalue weighted by Crippen LogP contribution is -2.29. The van der Waals surface area contributed by atoms with Crippen molar-refractivity contribution in [1.29, 1.82) is 0 Å². The molecule has 5 heteroatoms. The van der Waals surface area contributed by atoms with Gasteiger partial charge in [-0.15, -0.1) is 0 Å². The maximum absolute atomic E-state index is 12.4. The number of hydrogen-bond donors (Lipinski definition) is 2. The van der Waals surface area contributed by atoms with E-state index in [0.29, 0.717) is 5.92 Å². The van der Waals surface area contributed by atoms with Gasteiger partial charge in [-0.2, -0.15) is 5.10 Å². The molecule has 1 amide bonds. The number of rotatable bonds is 5. The molecule has 0 radical (unpaired) electrons. The Bertz CT molecular complexity index is 481. The fraction of sp³-hybridized carbons (Fsp3) is 0.750. The quantitative estimate of drug-likeness (QED) is 0.872. The van der Waals surface area contributed by atoms with Crippen LogP contribution in [0.5, 0.6) is 0 Å². The highest BCUT2D eigenvalue weighted by atomic mass is 16.1. The Morgan fingerprint density at radius 3 is 2.86 bits per heavy atom. The summed E-state index contributed by atoms with van der Waals surface area (Å²) >= 11 is 0. The van der Waals surface area contributed by atoms with E-state index in [0.717, 1.165) is 43.7 Å². The molecule has 1 aliphatic heterocycles. The van der Waals surface area contributed by atoms with Crippen LogP contribution in [0.3, 0.4) is 0 Å². The molecule has 1 atom stereocenters. The molecule has 118 valence electrons. The zero-order valence-electron chi connectivity index (χ0n) is 13.7. The van der Waals surface area contributed by atoms with E-state index in [4.69, 9.17) is 0 Å². The summed E-state index contributed by atoms with van der Waals surface area (Å²) < 4.78 is 1.96. The summed E-state index contributed by atoms with van der Waals surface area (Å²) in [5.74, 6) is 0.710. The second-order valence-corrected chi connectivity index (χ2v) is 6.84. The molecule has 1 fully saturated rings. The van der Waals surface area contributed by atoms with Crippen LogP contribution in [0, 0.1) is 5.92 Å². The van der Waals surface area contributed by atoms with E-state index < -0.39 is 0 Å². The maximum Gasteiger partial charge on any atom is 0.254 e. The van der Waals surface area contributed by atoms with Crippen LogP contribution in [0.4, 0.5) is 0 Å². The third kappa shape index (κ3) is 3.84. The summed E-state index contributed by atoms with van der Waals surface area (Å²) in [6, 6.07) is 0. The van der Waals surface area contributed by atoms with E-state index >= 15 is 0 Å². The van der Waals surface area contributed by atoms with Gasteiger partial charge in [0.25, 0.3) is 5.91 Å². The third-order valence-electron chi connectivity index (χ3n) is 4.08. The molecule has 2 N–H and O–H groups in total. The van der Waals surface area contributed by atoms with Gasteiger partial charge in [0, 0.05) is 6.54 Å². The molecule has 1 aromatic rings. The largest absolute Gasteiger partial charge is 0.352 e. The van der Waals surface area contributed by atoms with Gasteiger partial charge in [-0.1, -0.05) is 6.92 Å². The average molecular weight is 292 g/mol. The Kier molecular flexibility index (Phi) is 5.04. The molecule has 0 bridgehead atoms. The Labute approximate surface area is 127 Å². The summed E-state index contributed by atoms with van der Waals surface area (Å²) in [5.41, 5.74) is 1.64. The molecule has 21 heavy (non-hydrogen) atoms. The standard InChI is InChI=1S/C16H28N4O/c1-5-14-13(11-19-20(14)16(2,3)4)15(21)18-9-7-12-6-8-17-10-12/h11-12,17H,5-10H2,1-4H3,(H,18,21). The van der Waals surface area contributed by atoms with Crippen LogP contribution in [-0.2, 0) is 12.0 Å². The zero-order chi connectivity index (χ0) is 15.5. The van der Waals surface area contributed by atoms with Crippen molar-refractivity contribution in [3.05, 3.63) is 17.5 Å². The van der Waals surface area contributed by atoms with Crippen LogP contribution in [-0.4, -0.2) is 35.3 Å². The lowest BCUT2D eigenvalue weighted by atomic mass is 10.0. The predicted octanol–water partition coefficient (Wildman–Crippen LogP) is 1.93. The van der Waals surface area contributed by atoms with E-state index in [1.165, 1.54) is 6.42 Å². The molecule has 2 heterocycles. The maximum atomic E-state index is 12.4. The van der Waals surface area contributed by atoms with Crippen molar-refractivity contribution in [2.45, 2.75) is 52.5 Å². The van der Waals surface area contributed by atoms with Crippen LogP contribution in [0.1, 0.15) is 56.6 Å². The summed E-state index contributed by atoms with van der Waals surface area (Å²) in [7, 11) is 0. The SMILES string of the molecule is CCc1c(C(=O)NCCC2CCNC2)cnn1C(C)(C)C. The predicted molar refractivity (Wildman–Crippen MR) is 84.5 cm³/mol. The van der Waals surface area contributed by atoms with Crippen LogP contribution in [0.25, 0.3) is 0 Å². The fourth-order valence-electron chi connectivity index (χ4n) is 2.93. The Morgan fingerprint density at radius 2 is 2.29 bits per heavy atom. The molecule has 0 spiro atoms. The van der Waals surface area contributed by atoms with Gasteiger partial charge >= 0.3 is 0 Å². The van der Waals surface area contributed by atoms with Crippen molar-refractivity contribution < 1.29 is 4.79 Å². The summed E-state index contributed by atoms with van der Waals surface area (Å²) in [4.78, 5) is 12.4. The Hall–Kier alpha value is -1.36. The van der Waals surface area contributed by atoms with Gasteiger partial charge in [0.05, 0.1) is 23.0 Å². The van der Waals surface area contributed by atoms with Gasteiger partial charge in [-0.3, -0.25) is 9.48 Å². The van der Waals surface area contributed by atoms with Crippen molar-refractivity contribution >= 4 is 5.91 Å². The van der Waals surface area contributed by atoms with Crippen LogP contribution in [0.15, 0.2) is 6.20 Å².